The highest BCUT2D eigenvalue weighted by atomic mass is 15.3. The second-order valence-corrected chi connectivity index (χ2v) is 4.92. The molecule has 1 aromatic carbocycles. The first kappa shape index (κ1) is 11.3. The van der Waals surface area contributed by atoms with Crippen LogP contribution in [0, 0.1) is 0 Å². The summed E-state index contributed by atoms with van der Waals surface area (Å²) in [4.78, 5) is 3.94. The standard InChI is InChI=1S/C14H18N4/c1-2-4-13(3-1)17-14-7-5-12(6-8-14)9-18-11-15-10-16-18/h5-8,10-11,13,17H,1-4,9H2. The zero-order valence-corrected chi connectivity index (χ0v) is 10.4. The van der Waals surface area contributed by atoms with E-state index in [9.17, 15) is 0 Å². The Bertz CT molecular complexity index is 469. The van der Waals surface area contributed by atoms with Crippen LogP contribution in [0.5, 0.6) is 0 Å². The van der Waals surface area contributed by atoms with Crippen LogP contribution in [0.4, 0.5) is 5.69 Å². The number of aromatic nitrogens is 3. The van der Waals surface area contributed by atoms with Crippen LogP contribution >= 0.6 is 0 Å². The number of anilines is 1. The van der Waals surface area contributed by atoms with E-state index < -0.39 is 0 Å². The Morgan fingerprint density at radius 3 is 2.61 bits per heavy atom. The average molecular weight is 242 g/mol. The van der Waals surface area contributed by atoms with Crippen molar-refractivity contribution in [3.63, 3.8) is 0 Å². The molecule has 18 heavy (non-hydrogen) atoms. The molecule has 4 nitrogen and oxygen atoms in total. The highest BCUT2D eigenvalue weighted by Gasteiger charge is 2.13. The summed E-state index contributed by atoms with van der Waals surface area (Å²) in [6.45, 7) is 0.781. The molecule has 94 valence electrons. The van der Waals surface area contributed by atoms with Crippen LogP contribution in [0.3, 0.4) is 0 Å². The second kappa shape index (κ2) is 5.21. The molecule has 4 heteroatoms. The molecular formula is C14H18N4. The molecule has 0 saturated heterocycles. The third-order valence-electron chi connectivity index (χ3n) is 3.49. The van der Waals surface area contributed by atoms with Crippen molar-refractivity contribution in [3.05, 3.63) is 42.5 Å². The van der Waals surface area contributed by atoms with Crippen LogP contribution in [0.2, 0.25) is 0 Å². The summed E-state index contributed by atoms with van der Waals surface area (Å²) >= 11 is 0. The van der Waals surface area contributed by atoms with E-state index in [0.29, 0.717) is 6.04 Å². The first-order valence-electron chi connectivity index (χ1n) is 6.58. The molecule has 0 aliphatic heterocycles. The average Bonchev–Trinajstić information content (AvgIpc) is 3.05. The SMILES string of the molecule is c1ncn(Cc2ccc(NC3CCCC3)cc2)n1. The van der Waals surface area contributed by atoms with Crippen molar-refractivity contribution in [1.82, 2.24) is 14.8 Å². The van der Waals surface area contributed by atoms with Gasteiger partial charge in [0.15, 0.2) is 0 Å². The van der Waals surface area contributed by atoms with E-state index in [1.54, 1.807) is 12.7 Å². The van der Waals surface area contributed by atoms with E-state index in [4.69, 9.17) is 0 Å². The van der Waals surface area contributed by atoms with Gasteiger partial charge in [-0.2, -0.15) is 5.10 Å². The van der Waals surface area contributed by atoms with E-state index in [-0.39, 0.29) is 0 Å². The molecule has 0 radical (unpaired) electrons. The second-order valence-electron chi connectivity index (χ2n) is 4.92. The van der Waals surface area contributed by atoms with Crippen LogP contribution in [0.1, 0.15) is 31.2 Å². The lowest BCUT2D eigenvalue weighted by molar-refractivity contribution is 0.685. The van der Waals surface area contributed by atoms with Gasteiger partial charge in [-0.05, 0) is 30.5 Å². The minimum absolute atomic E-state index is 0.672. The minimum atomic E-state index is 0.672. The Labute approximate surface area is 107 Å². The summed E-state index contributed by atoms with van der Waals surface area (Å²) in [6.07, 6.45) is 8.65. The van der Waals surface area contributed by atoms with Crippen LogP contribution in [-0.2, 0) is 6.54 Å². The van der Waals surface area contributed by atoms with Gasteiger partial charge < -0.3 is 5.32 Å². The molecule has 0 unspecified atom stereocenters. The van der Waals surface area contributed by atoms with E-state index >= 15 is 0 Å². The van der Waals surface area contributed by atoms with Crippen molar-refractivity contribution in [2.24, 2.45) is 0 Å². The van der Waals surface area contributed by atoms with Crippen molar-refractivity contribution >= 4 is 5.69 Å². The smallest absolute Gasteiger partial charge is 0.137 e. The van der Waals surface area contributed by atoms with Gasteiger partial charge in [0, 0.05) is 11.7 Å². The molecule has 0 spiro atoms. The molecule has 1 aliphatic rings. The number of hydrogen-bond acceptors (Lipinski definition) is 3. The number of nitrogens with one attached hydrogen (secondary N) is 1. The summed E-state index contributed by atoms with van der Waals surface area (Å²) in [5.74, 6) is 0. The Balaban J connectivity index is 1.61. The molecular weight excluding hydrogens is 224 g/mol. The fourth-order valence-corrected chi connectivity index (χ4v) is 2.51. The molecule has 3 rings (SSSR count). The highest BCUT2D eigenvalue weighted by Crippen LogP contribution is 2.22. The lowest BCUT2D eigenvalue weighted by Gasteiger charge is -2.13. The number of rotatable bonds is 4. The molecule has 1 saturated carbocycles. The first-order valence-corrected chi connectivity index (χ1v) is 6.58. The predicted octanol–water partition coefficient (Wildman–Crippen LogP) is 2.68. The predicted molar refractivity (Wildman–Crippen MR) is 71.4 cm³/mol. The van der Waals surface area contributed by atoms with E-state index in [2.05, 4.69) is 39.7 Å². The molecule has 2 aromatic rings. The molecule has 0 atom stereocenters. The Morgan fingerprint density at radius 1 is 1.17 bits per heavy atom. The Morgan fingerprint density at radius 2 is 1.94 bits per heavy atom. The monoisotopic (exact) mass is 242 g/mol. The highest BCUT2D eigenvalue weighted by molar-refractivity contribution is 5.45. The summed E-state index contributed by atoms with van der Waals surface area (Å²) in [5.41, 5.74) is 2.47. The van der Waals surface area contributed by atoms with E-state index in [1.165, 1.54) is 36.9 Å². The molecule has 1 N–H and O–H groups in total. The van der Waals surface area contributed by atoms with Gasteiger partial charge in [-0.3, -0.25) is 0 Å². The Hall–Kier alpha value is -1.84. The van der Waals surface area contributed by atoms with Crippen molar-refractivity contribution in [2.75, 3.05) is 5.32 Å². The third-order valence-corrected chi connectivity index (χ3v) is 3.49. The molecule has 0 amide bonds. The van der Waals surface area contributed by atoms with Gasteiger partial charge in [0.1, 0.15) is 12.7 Å². The molecule has 1 heterocycles. The van der Waals surface area contributed by atoms with Crippen LogP contribution < -0.4 is 5.32 Å². The van der Waals surface area contributed by atoms with Crippen molar-refractivity contribution < 1.29 is 0 Å². The minimum Gasteiger partial charge on any atom is -0.382 e. The lowest BCUT2D eigenvalue weighted by atomic mass is 10.2. The number of nitrogens with zero attached hydrogens (tertiary/aromatic N) is 3. The summed E-state index contributed by atoms with van der Waals surface area (Å²) in [7, 11) is 0. The maximum absolute atomic E-state index is 4.11. The summed E-state index contributed by atoms with van der Waals surface area (Å²) in [6, 6.07) is 9.29. The summed E-state index contributed by atoms with van der Waals surface area (Å²) in [5, 5.41) is 7.70. The fourth-order valence-electron chi connectivity index (χ4n) is 2.51. The van der Waals surface area contributed by atoms with E-state index in [0.717, 1.165) is 6.54 Å². The third kappa shape index (κ3) is 2.70. The maximum atomic E-state index is 4.11. The zero-order valence-electron chi connectivity index (χ0n) is 10.4. The van der Waals surface area contributed by atoms with Crippen LogP contribution in [0.15, 0.2) is 36.9 Å². The Kier molecular flexibility index (Phi) is 3.26. The fraction of sp³-hybridized carbons (Fsp3) is 0.429. The van der Waals surface area contributed by atoms with Gasteiger partial charge in [-0.15, -0.1) is 0 Å². The van der Waals surface area contributed by atoms with Crippen molar-refractivity contribution in [3.8, 4) is 0 Å². The van der Waals surface area contributed by atoms with E-state index in [1.807, 2.05) is 4.68 Å². The zero-order chi connectivity index (χ0) is 12.2. The van der Waals surface area contributed by atoms with Gasteiger partial charge in [-0.1, -0.05) is 25.0 Å². The van der Waals surface area contributed by atoms with Crippen molar-refractivity contribution in [1.29, 1.82) is 0 Å². The summed E-state index contributed by atoms with van der Waals surface area (Å²) < 4.78 is 1.83. The molecule has 1 aromatic heterocycles. The van der Waals surface area contributed by atoms with Gasteiger partial charge in [-0.25, -0.2) is 9.67 Å². The van der Waals surface area contributed by atoms with Gasteiger partial charge >= 0.3 is 0 Å². The van der Waals surface area contributed by atoms with Crippen LogP contribution in [-0.4, -0.2) is 20.8 Å². The van der Waals surface area contributed by atoms with Gasteiger partial charge in [0.25, 0.3) is 0 Å². The first-order chi connectivity index (χ1) is 8.90. The van der Waals surface area contributed by atoms with Gasteiger partial charge in [0.2, 0.25) is 0 Å². The van der Waals surface area contributed by atoms with Gasteiger partial charge in [0.05, 0.1) is 6.54 Å². The maximum Gasteiger partial charge on any atom is 0.137 e. The molecule has 0 bridgehead atoms. The quantitative estimate of drug-likeness (QED) is 0.896. The molecule has 1 fully saturated rings. The molecule has 1 aliphatic carbocycles. The number of benzene rings is 1. The van der Waals surface area contributed by atoms with Crippen LogP contribution in [0.25, 0.3) is 0 Å². The number of hydrogen-bond donors (Lipinski definition) is 1. The largest absolute Gasteiger partial charge is 0.382 e. The normalized spacial score (nSPS) is 16.0. The topological polar surface area (TPSA) is 42.7 Å². The lowest BCUT2D eigenvalue weighted by Crippen LogP contribution is -2.14. The van der Waals surface area contributed by atoms with Crippen molar-refractivity contribution in [2.45, 2.75) is 38.3 Å².